The molecule has 12 heteroatoms. The highest BCUT2D eigenvalue weighted by molar-refractivity contribution is 5.91. The third-order valence-electron chi connectivity index (χ3n) is 7.80. The predicted molar refractivity (Wildman–Crippen MR) is 155 cm³/mol. The summed E-state index contributed by atoms with van der Waals surface area (Å²) in [5, 5.41) is 3.81. The number of nitrogens with zero attached hydrogens (tertiary/aromatic N) is 4. The van der Waals surface area contributed by atoms with Gasteiger partial charge in [0.15, 0.2) is 0 Å². The Labute approximate surface area is 244 Å². The molecule has 0 aliphatic carbocycles. The number of ether oxygens (including phenoxy) is 1. The molecule has 5 rings (SSSR count). The summed E-state index contributed by atoms with van der Waals surface area (Å²) in [5.74, 6) is -0.844. The number of aromatic nitrogens is 2. The molecule has 2 fully saturated rings. The summed E-state index contributed by atoms with van der Waals surface area (Å²) in [6.45, 7) is 2.03. The first kappa shape index (κ1) is 29.1. The lowest BCUT2D eigenvalue weighted by Crippen LogP contribution is -2.63. The van der Waals surface area contributed by atoms with Crippen molar-refractivity contribution >= 4 is 34.7 Å². The van der Waals surface area contributed by atoms with Gasteiger partial charge >= 0.3 is 6.09 Å². The van der Waals surface area contributed by atoms with E-state index in [0.29, 0.717) is 0 Å². The Bertz CT molecular complexity index is 1370. The van der Waals surface area contributed by atoms with Crippen LogP contribution in [0.25, 0.3) is 10.9 Å². The number of piperazine rings is 1. The van der Waals surface area contributed by atoms with Crippen LogP contribution in [0.15, 0.2) is 54.9 Å². The molecule has 0 bridgehead atoms. The highest BCUT2D eigenvalue weighted by Crippen LogP contribution is 2.18. The minimum Gasteiger partial charge on any atom is -0.445 e. The van der Waals surface area contributed by atoms with Gasteiger partial charge in [0, 0.05) is 61.6 Å². The van der Waals surface area contributed by atoms with Crippen molar-refractivity contribution in [3.05, 3.63) is 66.1 Å². The SMILES string of the molecule is N[C@H](CCC(=O)N1CCCC1)C(=O)N1CCN(C(=O)OCc2ccccc2)C[C@H]1C(=O)NCc1cc2cnccc2[nH]1. The quantitative estimate of drug-likeness (QED) is 0.351. The predicted octanol–water partition coefficient (Wildman–Crippen LogP) is 1.76. The monoisotopic (exact) mass is 575 g/mol. The number of carbonyl (C=O) groups excluding carboxylic acids is 4. The van der Waals surface area contributed by atoms with Gasteiger partial charge in [-0.3, -0.25) is 19.4 Å². The van der Waals surface area contributed by atoms with Crippen LogP contribution in [0.2, 0.25) is 0 Å². The van der Waals surface area contributed by atoms with Crippen LogP contribution >= 0.6 is 0 Å². The second-order valence-corrected chi connectivity index (χ2v) is 10.7. The van der Waals surface area contributed by atoms with Gasteiger partial charge in [-0.25, -0.2) is 4.79 Å². The Balaban J connectivity index is 1.24. The van der Waals surface area contributed by atoms with Crippen molar-refractivity contribution in [2.45, 2.75) is 50.9 Å². The van der Waals surface area contributed by atoms with E-state index in [-0.39, 0.29) is 51.5 Å². The van der Waals surface area contributed by atoms with E-state index in [2.05, 4.69) is 15.3 Å². The lowest BCUT2D eigenvalue weighted by atomic mass is 10.1. The third-order valence-corrected chi connectivity index (χ3v) is 7.80. The van der Waals surface area contributed by atoms with E-state index >= 15 is 0 Å². The van der Waals surface area contributed by atoms with Crippen molar-refractivity contribution in [3.63, 3.8) is 0 Å². The summed E-state index contributed by atoms with van der Waals surface area (Å²) < 4.78 is 5.49. The van der Waals surface area contributed by atoms with Gasteiger partial charge in [-0.15, -0.1) is 0 Å². The maximum Gasteiger partial charge on any atom is 0.410 e. The van der Waals surface area contributed by atoms with Crippen LogP contribution in [-0.2, 0) is 32.3 Å². The molecule has 42 heavy (non-hydrogen) atoms. The average molecular weight is 576 g/mol. The number of H-pyrrole nitrogens is 1. The van der Waals surface area contributed by atoms with E-state index in [1.54, 1.807) is 17.3 Å². The molecule has 2 aliphatic heterocycles. The molecule has 12 nitrogen and oxygen atoms in total. The van der Waals surface area contributed by atoms with E-state index in [9.17, 15) is 19.2 Å². The van der Waals surface area contributed by atoms with E-state index in [0.717, 1.165) is 48.1 Å². The van der Waals surface area contributed by atoms with Gasteiger partial charge in [0.2, 0.25) is 17.7 Å². The van der Waals surface area contributed by atoms with Crippen LogP contribution in [0.4, 0.5) is 4.79 Å². The Morgan fingerprint density at radius 2 is 1.83 bits per heavy atom. The molecule has 0 radical (unpaired) electrons. The zero-order valence-electron chi connectivity index (χ0n) is 23.5. The number of carbonyl (C=O) groups is 4. The Kier molecular flexibility index (Phi) is 9.32. The van der Waals surface area contributed by atoms with Crippen LogP contribution in [0.1, 0.15) is 36.9 Å². The van der Waals surface area contributed by atoms with Crippen molar-refractivity contribution < 1.29 is 23.9 Å². The molecule has 2 saturated heterocycles. The van der Waals surface area contributed by atoms with E-state index in [4.69, 9.17) is 10.5 Å². The second kappa shape index (κ2) is 13.5. The molecule has 2 atom stereocenters. The van der Waals surface area contributed by atoms with Gasteiger partial charge in [-0.05, 0) is 37.0 Å². The lowest BCUT2D eigenvalue weighted by Gasteiger charge is -2.41. The average Bonchev–Trinajstić information content (AvgIpc) is 3.71. The summed E-state index contributed by atoms with van der Waals surface area (Å²) in [7, 11) is 0. The summed E-state index contributed by atoms with van der Waals surface area (Å²) >= 11 is 0. The molecule has 0 unspecified atom stereocenters. The van der Waals surface area contributed by atoms with Gasteiger partial charge < -0.3 is 35.5 Å². The number of aromatic amines is 1. The first-order valence-corrected chi connectivity index (χ1v) is 14.4. The fraction of sp³-hybridized carbons (Fsp3) is 0.433. The van der Waals surface area contributed by atoms with Gasteiger partial charge in [-0.1, -0.05) is 30.3 Å². The van der Waals surface area contributed by atoms with Gasteiger partial charge in [0.25, 0.3) is 0 Å². The summed E-state index contributed by atoms with van der Waals surface area (Å²) in [6.07, 6.45) is 5.18. The zero-order chi connectivity index (χ0) is 29.5. The number of likely N-dealkylation sites (tertiary alicyclic amines) is 1. The number of hydrogen-bond acceptors (Lipinski definition) is 7. The molecule has 1 aromatic carbocycles. The number of rotatable bonds is 9. The lowest BCUT2D eigenvalue weighted by molar-refractivity contribution is -0.145. The maximum absolute atomic E-state index is 13.5. The molecule has 222 valence electrons. The van der Waals surface area contributed by atoms with Crippen molar-refractivity contribution in [3.8, 4) is 0 Å². The number of hydrogen-bond donors (Lipinski definition) is 3. The van der Waals surface area contributed by atoms with Crippen molar-refractivity contribution in [1.82, 2.24) is 30.0 Å². The van der Waals surface area contributed by atoms with Crippen molar-refractivity contribution in [2.24, 2.45) is 5.73 Å². The topological polar surface area (TPSA) is 154 Å². The first-order chi connectivity index (χ1) is 20.4. The van der Waals surface area contributed by atoms with Crippen LogP contribution < -0.4 is 11.1 Å². The summed E-state index contributed by atoms with van der Waals surface area (Å²) in [5.41, 5.74) is 8.77. The number of nitrogens with two attached hydrogens (primary N) is 1. The molecule has 0 spiro atoms. The zero-order valence-corrected chi connectivity index (χ0v) is 23.5. The van der Waals surface area contributed by atoms with Crippen LogP contribution in [-0.4, -0.2) is 93.3 Å². The summed E-state index contributed by atoms with van der Waals surface area (Å²) in [6, 6.07) is 11.1. The van der Waals surface area contributed by atoms with E-state index in [1.165, 1.54) is 9.80 Å². The molecule has 4 amide bonds. The molecule has 4 heterocycles. The van der Waals surface area contributed by atoms with Gasteiger partial charge in [0.05, 0.1) is 19.1 Å². The normalized spacial score (nSPS) is 17.7. The highest BCUT2D eigenvalue weighted by Gasteiger charge is 2.39. The number of pyridine rings is 1. The van der Waals surface area contributed by atoms with Crippen LogP contribution in [0, 0.1) is 0 Å². The van der Waals surface area contributed by atoms with Crippen molar-refractivity contribution in [2.75, 3.05) is 32.7 Å². The Hall–Kier alpha value is -4.45. The number of amides is 4. The largest absolute Gasteiger partial charge is 0.445 e. The third kappa shape index (κ3) is 7.06. The van der Waals surface area contributed by atoms with Gasteiger partial charge in [0.1, 0.15) is 12.6 Å². The first-order valence-electron chi connectivity index (χ1n) is 14.4. The van der Waals surface area contributed by atoms with Crippen LogP contribution in [0.3, 0.4) is 0 Å². The minimum absolute atomic E-state index is 0.00967. The molecule has 3 aromatic rings. The number of benzene rings is 1. The van der Waals surface area contributed by atoms with E-state index < -0.39 is 30.0 Å². The smallest absolute Gasteiger partial charge is 0.410 e. The molecule has 2 aromatic heterocycles. The standard InChI is InChI=1S/C30H37N7O5/c31-24(8-9-27(38)35-12-4-5-13-35)29(40)37-15-14-36(30(41)42-20-21-6-2-1-3-7-21)19-26(37)28(39)33-18-23-16-22-17-32-11-10-25(22)34-23/h1-3,6-7,10-11,16-17,24,26,34H,4-5,8-9,12-15,18-20,31H2,(H,33,39)/t24-,26+/m1/s1. The fourth-order valence-electron chi connectivity index (χ4n) is 5.42. The van der Waals surface area contributed by atoms with Gasteiger partial charge in [-0.2, -0.15) is 0 Å². The number of fused-ring (bicyclic) bond motifs is 1. The molecule has 0 saturated carbocycles. The summed E-state index contributed by atoms with van der Waals surface area (Å²) in [4.78, 5) is 64.4. The van der Waals surface area contributed by atoms with E-state index in [1.807, 2.05) is 42.5 Å². The molecule has 4 N–H and O–H groups in total. The second-order valence-electron chi connectivity index (χ2n) is 10.7. The number of nitrogens with one attached hydrogen (secondary N) is 2. The van der Waals surface area contributed by atoms with Crippen molar-refractivity contribution in [1.29, 1.82) is 0 Å². The minimum atomic E-state index is -0.970. The molecule has 2 aliphatic rings. The highest BCUT2D eigenvalue weighted by atomic mass is 16.6. The Morgan fingerprint density at radius 1 is 1.05 bits per heavy atom. The maximum atomic E-state index is 13.5. The molecular weight excluding hydrogens is 538 g/mol. The Morgan fingerprint density at radius 3 is 2.60 bits per heavy atom. The van der Waals surface area contributed by atoms with Crippen LogP contribution in [0.5, 0.6) is 0 Å². The molecular formula is C30H37N7O5. The fourth-order valence-corrected chi connectivity index (χ4v) is 5.42.